The fourth-order valence-corrected chi connectivity index (χ4v) is 4.92. The van der Waals surface area contributed by atoms with E-state index in [1.54, 1.807) is 6.92 Å². The van der Waals surface area contributed by atoms with E-state index in [1.165, 1.54) is 12.2 Å². The molecule has 3 heterocycles. The Morgan fingerprint density at radius 3 is 1.89 bits per heavy atom. The van der Waals surface area contributed by atoms with Crippen LogP contribution in [0.5, 0.6) is 0 Å². The third-order valence-electron chi connectivity index (χ3n) is 6.96. The van der Waals surface area contributed by atoms with E-state index in [0.717, 1.165) is 6.26 Å². The van der Waals surface area contributed by atoms with Gasteiger partial charge in [0.05, 0.1) is 25.4 Å². The van der Waals surface area contributed by atoms with Crippen LogP contribution in [0, 0.1) is 5.92 Å². The molecule has 0 aromatic heterocycles. The predicted molar refractivity (Wildman–Crippen MR) is 110 cm³/mol. The van der Waals surface area contributed by atoms with Crippen molar-refractivity contribution < 1.29 is 69.6 Å². The van der Waals surface area contributed by atoms with Crippen molar-refractivity contribution in [1.82, 2.24) is 0 Å². The van der Waals surface area contributed by atoms with E-state index in [-0.39, 0.29) is 0 Å². The predicted octanol–water partition coefficient (Wildman–Crippen LogP) is -4.83. The number of fused-ring (bicyclic) bond motifs is 1. The summed E-state index contributed by atoms with van der Waals surface area (Å²) in [6.07, 6.45) is -14.3. The van der Waals surface area contributed by atoms with E-state index < -0.39 is 98.5 Å². The molecule has 0 aromatic rings. The zero-order chi connectivity index (χ0) is 25.7. The van der Waals surface area contributed by atoms with Crippen molar-refractivity contribution in [3.05, 3.63) is 24.0 Å². The number of hydrogen-bond acceptors (Lipinski definition) is 14. The Bertz CT molecular complexity index is 803. The summed E-state index contributed by atoms with van der Waals surface area (Å²) < 4.78 is 28.1. The van der Waals surface area contributed by atoms with Crippen molar-refractivity contribution in [1.29, 1.82) is 0 Å². The van der Waals surface area contributed by atoms with E-state index >= 15 is 0 Å². The highest BCUT2D eigenvalue weighted by molar-refractivity contribution is 5.33. The first-order valence-corrected chi connectivity index (χ1v) is 11.2. The van der Waals surface area contributed by atoms with Crippen LogP contribution >= 0.6 is 0 Å². The highest BCUT2D eigenvalue weighted by Crippen LogP contribution is 2.47. The summed E-state index contributed by atoms with van der Waals surface area (Å²) in [4.78, 5) is 0. The number of hydrogen-bond donors (Lipinski definition) is 9. The average Bonchev–Trinajstić information content (AvgIpc) is 3.09. The maximum Gasteiger partial charge on any atom is 0.211 e. The van der Waals surface area contributed by atoms with Gasteiger partial charge < -0.3 is 69.6 Å². The first kappa shape index (κ1) is 26.8. The van der Waals surface area contributed by atoms with Crippen LogP contribution in [0.2, 0.25) is 0 Å². The molecule has 2 fully saturated rings. The molecule has 0 amide bonds. The largest absolute Gasteiger partial charge is 0.472 e. The Labute approximate surface area is 199 Å². The van der Waals surface area contributed by atoms with Gasteiger partial charge in [0.2, 0.25) is 6.29 Å². The maximum atomic E-state index is 10.9. The minimum atomic E-state index is -1.74. The van der Waals surface area contributed by atoms with Gasteiger partial charge in [-0.2, -0.15) is 0 Å². The van der Waals surface area contributed by atoms with Crippen molar-refractivity contribution in [3.63, 3.8) is 0 Å². The van der Waals surface area contributed by atoms with Crippen molar-refractivity contribution in [2.24, 2.45) is 5.92 Å². The van der Waals surface area contributed by atoms with Gasteiger partial charge in [-0.05, 0) is 13.0 Å². The van der Waals surface area contributed by atoms with E-state index in [9.17, 15) is 46.0 Å². The molecule has 1 aliphatic carbocycles. The molecule has 0 aromatic carbocycles. The average molecular weight is 508 g/mol. The van der Waals surface area contributed by atoms with Crippen molar-refractivity contribution in [2.45, 2.75) is 86.3 Å². The summed E-state index contributed by atoms with van der Waals surface area (Å²) in [5.41, 5.74) is -1.16. The molecule has 0 radical (unpaired) electrons. The lowest BCUT2D eigenvalue weighted by atomic mass is 9.83. The molecular weight excluding hydrogens is 476 g/mol. The second-order valence-corrected chi connectivity index (χ2v) is 9.14. The fraction of sp³-hybridized carbons (Fsp3) is 0.810. The summed E-state index contributed by atoms with van der Waals surface area (Å²) in [5.74, 6) is -0.928. The van der Waals surface area contributed by atoms with Crippen LogP contribution < -0.4 is 0 Å². The van der Waals surface area contributed by atoms with Gasteiger partial charge in [0.25, 0.3) is 0 Å². The van der Waals surface area contributed by atoms with E-state index in [1.807, 2.05) is 0 Å². The molecule has 14 nitrogen and oxygen atoms in total. The van der Waals surface area contributed by atoms with Gasteiger partial charge in [0.15, 0.2) is 12.6 Å². The summed E-state index contributed by atoms with van der Waals surface area (Å²) in [5, 5.41) is 90.7. The minimum absolute atomic E-state index is 0.515. The van der Waals surface area contributed by atoms with Crippen LogP contribution in [0.3, 0.4) is 0 Å². The first-order valence-electron chi connectivity index (χ1n) is 11.2. The van der Waals surface area contributed by atoms with Gasteiger partial charge in [-0.25, -0.2) is 0 Å². The lowest BCUT2D eigenvalue weighted by Crippen LogP contribution is -2.64. The Kier molecular flexibility index (Phi) is 7.86. The second kappa shape index (κ2) is 10.3. The molecule has 14 heteroatoms. The maximum absolute atomic E-state index is 10.9. The number of rotatable bonds is 6. The van der Waals surface area contributed by atoms with Crippen LogP contribution in [0.25, 0.3) is 0 Å². The quantitative estimate of drug-likeness (QED) is 0.153. The number of aliphatic hydroxyl groups excluding tert-OH is 9. The van der Waals surface area contributed by atoms with Gasteiger partial charge in [0, 0.05) is 0 Å². The molecular formula is C21H32O14. The zero-order valence-corrected chi connectivity index (χ0v) is 18.7. The summed E-state index contributed by atoms with van der Waals surface area (Å²) in [6.45, 7) is 0.294. The van der Waals surface area contributed by atoms with E-state index in [0.29, 0.717) is 5.57 Å². The lowest BCUT2D eigenvalue weighted by Gasteiger charge is -2.48. The lowest BCUT2D eigenvalue weighted by molar-refractivity contribution is -0.362. The first-order chi connectivity index (χ1) is 16.5. The summed E-state index contributed by atoms with van der Waals surface area (Å²) in [6, 6.07) is 0. The molecule has 35 heavy (non-hydrogen) atoms. The summed E-state index contributed by atoms with van der Waals surface area (Å²) >= 11 is 0. The molecule has 2 saturated heterocycles. The minimum Gasteiger partial charge on any atom is -0.472 e. The summed E-state index contributed by atoms with van der Waals surface area (Å²) in [7, 11) is 0. The smallest absolute Gasteiger partial charge is 0.211 e. The normalized spacial score (nSPS) is 52.1. The highest BCUT2D eigenvalue weighted by atomic mass is 16.8. The number of aliphatic hydroxyl groups is 9. The Hall–Kier alpha value is -1.24. The van der Waals surface area contributed by atoms with Gasteiger partial charge in [-0.1, -0.05) is 11.6 Å². The molecule has 0 saturated carbocycles. The van der Waals surface area contributed by atoms with Gasteiger partial charge in [0.1, 0.15) is 60.5 Å². The fourth-order valence-electron chi connectivity index (χ4n) is 4.92. The van der Waals surface area contributed by atoms with Crippen molar-refractivity contribution >= 4 is 0 Å². The third kappa shape index (κ3) is 4.53. The van der Waals surface area contributed by atoms with Gasteiger partial charge >= 0.3 is 0 Å². The number of ether oxygens (including phenoxy) is 5. The molecule has 0 bridgehead atoms. The monoisotopic (exact) mass is 508 g/mol. The van der Waals surface area contributed by atoms with Crippen LogP contribution in [-0.2, 0) is 23.7 Å². The standard InChI is InChI=1S/C21H32O14/c1-7-4-10(24)21(35-20-17(30)15(28)13(26)9(6-23)33-20)2-3-31-18(11(7)21)34-19-16(29)14(27)12(25)8(5-22)32-19/h2-4,8-20,22-30H,5-6H2,1H3. The third-order valence-corrected chi connectivity index (χ3v) is 6.96. The van der Waals surface area contributed by atoms with Crippen molar-refractivity contribution in [2.75, 3.05) is 13.2 Å². The van der Waals surface area contributed by atoms with Crippen molar-refractivity contribution in [3.8, 4) is 0 Å². The Morgan fingerprint density at radius 2 is 1.31 bits per heavy atom. The topological polar surface area (TPSA) is 228 Å². The van der Waals surface area contributed by atoms with Crippen LogP contribution in [0.15, 0.2) is 24.0 Å². The van der Waals surface area contributed by atoms with Crippen LogP contribution in [-0.4, -0.2) is 139 Å². The molecule has 200 valence electrons. The van der Waals surface area contributed by atoms with Crippen LogP contribution in [0.1, 0.15) is 6.92 Å². The van der Waals surface area contributed by atoms with Crippen LogP contribution in [0.4, 0.5) is 0 Å². The molecule has 3 aliphatic heterocycles. The second-order valence-electron chi connectivity index (χ2n) is 9.14. The molecule has 4 aliphatic rings. The van der Waals surface area contributed by atoms with E-state index in [2.05, 4.69) is 0 Å². The van der Waals surface area contributed by atoms with Gasteiger partial charge in [-0.3, -0.25) is 0 Å². The van der Waals surface area contributed by atoms with E-state index in [4.69, 9.17) is 23.7 Å². The molecule has 4 rings (SSSR count). The highest BCUT2D eigenvalue weighted by Gasteiger charge is 2.59. The molecule has 14 unspecified atom stereocenters. The zero-order valence-electron chi connectivity index (χ0n) is 18.7. The Balaban J connectivity index is 1.58. The molecule has 14 atom stereocenters. The molecule has 9 N–H and O–H groups in total. The Morgan fingerprint density at radius 1 is 0.771 bits per heavy atom. The molecule has 0 spiro atoms. The van der Waals surface area contributed by atoms with Gasteiger partial charge in [-0.15, -0.1) is 0 Å². The SMILES string of the molecule is CC1=CC(O)C2(OC3OC(CO)C(O)C(O)C3O)C=COC(OC3OC(CO)C(O)C(O)C3O)C12.